The van der Waals surface area contributed by atoms with Gasteiger partial charge < -0.3 is 10.6 Å². The first kappa shape index (κ1) is 21.8. The number of aromatic nitrogens is 1. The van der Waals surface area contributed by atoms with Crippen LogP contribution in [0.4, 0.5) is 0 Å². The number of carbonyl (C=O) groups is 2. The zero-order chi connectivity index (χ0) is 22.4. The standard InChI is InChI=1S/C27H29N3O2/c28-26(32)27(18-22-9-12-23(13-10-22)24-8-4-16-29-19-24)15-5-17-30(20-27)25(31)14-11-21-6-2-1-3-7-21/h1-4,6-10,12-13,16,19H,5,11,14-15,17-18,20H2,(H2,28,32). The van der Waals surface area contributed by atoms with Gasteiger partial charge in [0.15, 0.2) is 0 Å². The summed E-state index contributed by atoms with van der Waals surface area (Å²) in [6.07, 6.45) is 6.76. The molecule has 2 heterocycles. The van der Waals surface area contributed by atoms with Gasteiger partial charge in [-0.1, -0.05) is 60.7 Å². The minimum atomic E-state index is -0.726. The number of rotatable bonds is 7. The fourth-order valence-corrected chi connectivity index (χ4v) is 4.57. The summed E-state index contributed by atoms with van der Waals surface area (Å²) in [4.78, 5) is 31.5. The summed E-state index contributed by atoms with van der Waals surface area (Å²) in [5.41, 5.74) is 9.52. The number of aryl methyl sites for hydroxylation is 1. The predicted octanol–water partition coefficient (Wildman–Crippen LogP) is 4.02. The Labute approximate surface area is 189 Å². The molecule has 0 aliphatic carbocycles. The number of piperidine rings is 1. The smallest absolute Gasteiger partial charge is 0.225 e. The molecule has 164 valence electrons. The lowest BCUT2D eigenvalue weighted by atomic mass is 9.74. The maximum absolute atomic E-state index is 12.9. The maximum Gasteiger partial charge on any atom is 0.225 e. The Kier molecular flexibility index (Phi) is 6.64. The molecule has 1 atom stereocenters. The van der Waals surface area contributed by atoms with E-state index < -0.39 is 5.41 Å². The predicted molar refractivity (Wildman–Crippen MR) is 126 cm³/mol. The summed E-state index contributed by atoms with van der Waals surface area (Å²) in [5, 5.41) is 0. The Bertz CT molecular complexity index is 1050. The Morgan fingerprint density at radius 1 is 0.938 bits per heavy atom. The minimum Gasteiger partial charge on any atom is -0.369 e. The second kappa shape index (κ2) is 9.77. The van der Waals surface area contributed by atoms with Gasteiger partial charge in [-0.15, -0.1) is 0 Å². The van der Waals surface area contributed by atoms with Crippen molar-refractivity contribution >= 4 is 11.8 Å². The van der Waals surface area contributed by atoms with Crippen LogP contribution < -0.4 is 5.73 Å². The van der Waals surface area contributed by atoms with E-state index in [2.05, 4.69) is 4.98 Å². The highest BCUT2D eigenvalue weighted by Gasteiger charge is 2.42. The quantitative estimate of drug-likeness (QED) is 0.619. The van der Waals surface area contributed by atoms with Crippen molar-refractivity contribution in [1.82, 2.24) is 9.88 Å². The van der Waals surface area contributed by atoms with E-state index in [-0.39, 0.29) is 11.8 Å². The number of benzene rings is 2. The van der Waals surface area contributed by atoms with E-state index in [1.54, 1.807) is 6.20 Å². The van der Waals surface area contributed by atoms with Crippen molar-refractivity contribution in [2.75, 3.05) is 13.1 Å². The molecule has 0 saturated carbocycles. The van der Waals surface area contributed by atoms with Gasteiger partial charge in [0.25, 0.3) is 0 Å². The average Bonchev–Trinajstić information content (AvgIpc) is 2.84. The SMILES string of the molecule is NC(=O)C1(Cc2ccc(-c3cccnc3)cc2)CCCN(C(=O)CCc2ccccc2)C1. The normalized spacial score (nSPS) is 18.3. The molecule has 2 aromatic carbocycles. The van der Waals surface area contributed by atoms with Crippen molar-refractivity contribution in [1.29, 1.82) is 0 Å². The zero-order valence-electron chi connectivity index (χ0n) is 18.2. The van der Waals surface area contributed by atoms with Crippen LogP contribution in [0.2, 0.25) is 0 Å². The van der Waals surface area contributed by atoms with Crippen LogP contribution in [0.5, 0.6) is 0 Å². The number of amides is 2. The van der Waals surface area contributed by atoms with E-state index in [0.717, 1.165) is 28.7 Å². The molecule has 32 heavy (non-hydrogen) atoms. The van der Waals surface area contributed by atoms with Gasteiger partial charge in [-0.2, -0.15) is 0 Å². The zero-order valence-corrected chi connectivity index (χ0v) is 18.2. The molecule has 0 spiro atoms. The summed E-state index contributed by atoms with van der Waals surface area (Å²) in [5.74, 6) is -0.236. The molecule has 0 radical (unpaired) electrons. The molecule has 0 bridgehead atoms. The monoisotopic (exact) mass is 427 g/mol. The number of hydrogen-bond donors (Lipinski definition) is 1. The molecular formula is C27H29N3O2. The third-order valence-electron chi connectivity index (χ3n) is 6.41. The topological polar surface area (TPSA) is 76.3 Å². The largest absolute Gasteiger partial charge is 0.369 e. The maximum atomic E-state index is 12.9. The van der Waals surface area contributed by atoms with Crippen LogP contribution in [0.25, 0.3) is 11.1 Å². The number of carbonyl (C=O) groups excluding carboxylic acids is 2. The summed E-state index contributed by atoms with van der Waals surface area (Å²) in [7, 11) is 0. The van der Waals surface area contributed by atoms with E-state index >= 15 is 0 Å². The van der Waals surface area contributed by atoms with Crippen molar-refractivity contribution < 1.29 is 9.59 Å². The van der Waals surface area contributed by atoms with Gasteiger partial charge in [-0.05, 0) is 54.0 Å². The van der Waals surface area contributed by atoms with Crippen LogP contribution in [-0.4, -0.2) is 34.8 Å². The second-order valence-electron chi connectivity index (χ2n) is 8.66. The van der Waals surface area contributed by atoms with Crippen molar-refractivity contribution in [3.8, 4) is 11.1 Å². The highest BCUT2D eigenvalue weighted by Crippen LogP contribution is 2.34. The van der Waals surface area contributed by atoms with Gasteiger partial charge in [0.05, 0.1) is 5.41 Å². The highest BCUT2D eigenvalue weighted by atomic mass is 16.2. The number of nitrogens with zero attached hydrogens (tertiary/aromatic N) is 2. The molecule has 4 rings (SSSR count). The Balaban J connectivity index is 1.44. The van der Waals surface area contributed by atoms with Crippen molar-refractivity contribution in [2.45, 2.75) is 32.1 Å². The molecule has 1 saturated heterocycles. The summed E-state index contributed by atoms with van der Waals surface area (Å²) < 4.78 is 0. The van der Waals surface area contributed by atoms with Gasteiger partial charge in [-0.25, -0.2) is 0 Å². The number of likely N-dealkylation sites (tertiary alicyclic amines) is 1. The van der Waals surface area contributed by atoms with Crippen LogP contribution in [-0.2, 0) is 22.4 Å². The number of nitrogens with two attached hydrogens (primary N) is 1. The van der Waals surface area contributed by atoms with Gasteiger partial charge >= 0.3 is 0 Å². The summed E-state index contributed by atoms with van der Waals surface area (Å²) in [6, 6.07) is 22.1. The van der Waals surface area contributed by atoms with E-state index in [4.69, 9.17) is 5.73 Å². The first-order valence-electron chi connectivity index (χ1n) is 11.2. The first-order valence-corrected chi connectivity index (χ1v) is 11.2. The molecular weight excluding hydrogens is 398 g/mol. The molecule has 2 amide bonds. The van der Waals surface area contributed by atoms with E-state index in [0.29, 0.717) is 38.8 Å². The van der Waals surface area contributed by atoms with Crippen molar-refractivity contribution in [2.24, 2.45) is 11.1 Å². The van der Waals surface area contributed by atoms with Crippen LogP contribution in [0, 0.1) is 5.41 Å². The third-order valence-corrected chi connectivity index (χ3v) is 6.41. The lowest BCUT2D eigenvalue weighted by molar-refractivity contribution is -0.139. The Morgan fingerprint density at radius 3 is 2.41 bits per heavy atom. The molecule has 3 aromatic rings. The Morgan fingerprint density at radius 2 is 1.72 bits per heavy atom. The third kappa shape index (κ3) is 5.05. The fraction of sp³-hybridized carbons (Fsp3) is 0.296. The van der Waals surface area contributed by atoms with E-state index in [1.807, 2.05) is 77.8 Å². The molecule has 5 nitrogen and oxygen atoms in total. The van der Waals surface area contributed by atoms with Crippen LogP contribution >= 0.6 is 0 Å². The molecule has 1 aromatic heterocycles. The summed E-state index contributed by atoms with van der Waals surface area (Å²) >= 11 is 0. The van der Waals surface area contributed by atoms with Crippen molar-refractivity contribution in [3.63, 3.8) is 0 Å². The number of primary amides is 1. The first-order chi connectivity index (χ1) is 15.6. The van der Waals surface area contributed by atoms with Crippen LogP contribution in [0.15, 0.2) is 79.1 Å². The number of hydrogen-bond acceptors (Lipinski definition) is 3. The summed E-state index contributed by atoms with van der Waals surface area (Å²) in [6.45, 7) is 1.07. The van der Waals surface area contributed by atoms with Gasteiger partial charge in [0, 0.05) is 31.9 Å². The van der Waals surface area contributed by atoms with Gasteiger partial charge in [0.1, 0.15) is 0 Å². The lowest BCUT2D eigenvalue weighted by Crippen LogP contribution is -2.53. The molecule has 1 unspecified atom stereocenters. The molecule has 2 N–H and O–H groups in total. The molecule has 5 heteroatoms. The average molecular weight is 428 g/mol. The van der Waals surface area contributed by atoms with Crippen LogP contribution in [0.3, 0.4) is 0 Å². The van der Waals surface area contributed by atoms with Crippen molar-refractivity contribution in [3.05, 3.63) is 90.3 Å². The van der Waals surface area contributed by atoms with Crippen LogP contribution in [0.1, 0.15) is 30.4 Å². The van der Waals surface area contributed by atoms with Gasteiger partial charge in [-0.3, -0.25) is 14.6 Å². The highest BCUT2D eigenvalue weighted by molar-refractivity contribution is 5.83. The molecule has 1 aliphatic rings. The molecule has 1 aliphatic heterocycles. The molecule has 1 fully saturated rings. The number of pyridine rings is 1. The lowest BCUT2D eigenvalue weighted by Gasteiger charge is -2.41. The Hall–Kier alpha value is -3.47. The van der Waals surface area contributed by atoms with E-state index in [1.165, 1.54) is 0 Å². The van der Waals surface area contributed by atoms with Gasteiger partial charge in [0.2, 0.25) is 11.8 Å². The fourth-order valence-electron chi connectivity index (χ4n) is 4.57. The minimum absolute atomic E-state index is 0.0890. The van der Waals surface area contributed by atoms with E-state index in [9.17, 15) is 9.59 Å². The second-order valence-corrected chi connectivity index (χ2v) is 8.66.